The number of aromatic nitrogens is 2. The summed E-state index contributed by atoms with van der Waals surface area (Å²) < 4.78 is 0. The number of hydrogen-bond acceptors (Lipinski definition) is 4. The smallest absolute Gasteiger partial charge is 0.266 e. The van der Waals surface area contributed by atoms with E-state index in [0.717, 1.165) is 18.9 Å². The number of amides is 1. The summed E-state index contributed by atoms with van der Waals surface area (Å²) in [5.74, 6) is 0.240. The number of nitrogens with zero attached hydrogens (tertiary/aromatic N) is 2. The summed E-state index contributed by atoms with van der Waals surface area (Å²) in [6.07, 6.45) is 1.45. The first-order valence-electron chi connectivity index (χ1n) is 4.78. The molecule has 0 saturated carbocycles. The van der Waals surface area contributed by atoms with Crippen LogP contribution in [-0.4, -0.2) is 48.0 Å². The molecule has 0 fully saturated rings. The van der Waals surface area contributed by atoms with Gasteiger partial charge in [-0.25, -0.2) is 4.98 Å². The van der Waals surface area contributed by atoms with Crippen LogP contribution in [0.15, 0.2) is 6.20 Å². The van der Waals surface area contributed by atoms with Crippen LogP contribution in [0.5, 0.6) is 0 Å². The topological polar surface area (TPSA) is 87.0 Å². The molecule has 15 heavy (non-hydrogen) atoms. The number of carbonyl (C=O) groups is 1. The summed E-state index contributed by atoms with van der Waals surface area (Å²) >= 11 is 0. The third-order valence-corrected chi connectivity index (χ3v) is 1.92. The maximum atomic E-state index is 10.8. The number of rotatable bonds is 6. The molecular formula is C9H17N5O. The third-order valence-electron chi connectivity index (χ3n) is 1.92. The average Bonchev–Trinajstić information content (AvgIpc) is 2.60. The third kappa shape index (κ3) is 4.09. The Morgan fingerprint density at radius 1 is 1.67 bits per heavy atom. The molecule has 1 aromatic rings. The number of H-pyrrole nitrogens is 1. The first-order valence-corrected chi connectivity index (χ1v) is 4.78. The van der Waals surface area contributed by atoms with E-state index in [0.29, 0.717) is 12.2 Å². The Hall–Kier alpha value is -1.40. The Morgan fingerprint density at radius 2 is 2.40 bits per heavy atom. The molecule has 0 atom stereocenters. The molecule has 0 unspecified atom stereocenters. The van der Waals surface area contributed by atoms with Crippen molar-refractivity contribution < 1.29 is 4.79 Å². The molecule has 4 N–H and O–H groups in total. The Kier molecular flexibility index (Phi) is 4.26. The number of likely N-dealkylation sites (N-methyl/N-ethyl adjacent to an activating group) is 1. The highest BCUT2D eigenvalue weighted by Crippen LogP contribution is 1.95. The van der Waals surface area contributed by atoms with Gasteiger partial charge in [-0.05, 0) is 14.1 Å². The van der Waals surface area contributed by atoms with Crippen LogP contribution < -0.4 is 11.1 Å². The summed E-state index contributed by atoms with van der Waals surface area (Å²) in [5.41, 5.74) is 5.43. The fourth-order valence-electron chi connectivity index (χ4n) is 1.09. The summed E-state index contributed by atoms with van der Waals surface area (Å²) in [6.45, 7) is 2.45. The molecule has 0 aliphatic rings. The molecule has 84 valence electrons. The largest absolute Gasteiger partial charge is 0.364 e. The molecule has 1 rings (SSSR count). The van der Waals surface area contributed by atoms with Crippen LogP contribution in [0.25, 0.3) is 0 Å². The summed E-state index contributed by atoms with van der Waals surface area (Å²) in [6, 6.07) is 0. The van der Waals surface area contributed by atoms with E-state index in [1.807, 2.05) is 14.1 Å². The molecule has 0 aliphatic heterocycles. The van der Waals surface area contributed by atoms with E-state index in [2.05, 4.69) is 20.2 Å². The molecular weight excluding hydrogens is 194 g/mol. The molecule has 0 radical (unpaired) electrons. The van der Waals surface area contributed by atoms with E-state index in [-0.39, 0.29) is 0 Å². The quantitative estimate of drug-likeness (QED) is 0.535. The molecule has 0 spiro atoms. The molecule has 1 aromatic heterocycles. The first kappa shape index (κ1) is 11.7. The van der Waals surface area contributed by atoms with Crippen LogP contribution in [0.2, 0.25) is 0 Å². The van der Waals surface area contributed by atoms with Crippen LogP contribution in [0.3, 0.4) is 0 Å². The van der Waals surface area contributed by atoms with Gasteiger partial charge in [-0.3, -0.25) is 4.79 Å². The van der Waals surface area contributed by atoms with E-state index < -0.39 is 5.91 Å². The van der Waals surface area contributed by atoms with Gasteiger partial charge in [-0.15, -0.1) is 0 Å². The van der Waals surface area contributed by atoms with Gasteiger partial charge in [-0.1, -0.05) is 0 Å². The summed E-state index contributed by atoms with van der Waals surface area (Å²) in [5, 5.41) is 3.20. The monoisotopic (exact) mass is 211 g/mol. The van der Waals surface area contributed by atoms with Crippen LogP contribution >= 0.6 is 0 Å². The minimum atomic E-state index is -0.484. The van der Waals surface area contributed by atoms with Crippen molar-refractivity contribution in [1.29, 1.82) is 0 Å². The van der Waals surface area contributed by atoms with Crippen molar-refractivity contribution in [2.75, 3.05) is 27.2 Å². The Bertz CT molecular complexity index is 320. The van der Waals surface area contributed by atoms with Crippen molar-refractivity contribution in [3.8, 4) is 0 Å². The van der Waals surface area contributed by atoms with Gasteiger partial charge in [0.15, 0.2) is 0 Å². The second-order valence-electron chi connectivity index (χ2n) is 3.59. The van der Waals surface area contributed by atoms with Crippen LogP contribution in [0.1, 0.15) is 16.3 Å². The maximum absolute atomic E-state index is 10.8. The highest BCUT2D eigenvalue weighted by molar-refractivity contribution is 5.90. The zero-order chi connectivity index (χ0) is 11.3. The number of aromatic amines is 1. The highest BCUT2D eigenvalue weighted by Gasteiger charge is 2.04. The lowest BCUT2D eigenvalue weighted by Gasteiger charge is -2.09. The van der Waals surface area contributed by atoms with E-state index >= 15 is 0 Å². The number of imidazole rings is 1. The lowest BCUT2D eigenvalue weighted by Crippen LogP contribution is -2.26. The van der Waals surface area contributed by atoms with Gasteiger partial charge in [0, 0.05) is 13.1 Å². The van der Waals surface area contributed by atoms with Crippen LogP contribution in [0, 0.1) is 0 Å². The van der Waals surface area contributed by atoms with E-state index in [9.17, 15) is 4.79 Å². The first-order chi connectivity index (χ1) is 7.09. The number of carbonyl (C=O) groups excluding carboxylic acids is 1. The highest BCUT2D eigenvalue weighted by atomic mass is 16.1. The average molecular weight is 211 g/mol. The van der Waals surface area contributed by atoms with Crippen molar-refractivity contribution in [2.24, 2.45) is 5.73 Å². The molecule has 0 aliphatic carbocycles. The fourth-order valence-corrected chi connectivity index (χ4v) is 1.09. The molecule has 0 bridgehead atoms. The summed E-state index contributed by atoms with van der Waals surface area (Å²) in [4.78, 5) is 19.7. The standard InChI is InChI=1S/C9H17N5O/c1-14(2)4-3-11-6-8-12-5-7(13-8)9(10)15/h5,11H,3-4,6H2,1-2H3,(H2,10,15)(H,12,13). The van der Waals surface area contributed by atoms with Crippen LogP contribution in [-0.2, 0) is 6.54 Å². The van der Waals surface area contributed by atoms with Gasteiger partial charge in [0.05, 0.1) is 12.7 Å². The van der Waals surface area contributed by atoms with E-state index in [1.54, 1.807) is 0 Å². The van der Waals surface area contributed by atoms with Crippen LogP contribution in [0.4, 0.5) is 0 Å². The van der Waals surface area contributed by atoms with Crippen molar-refractivity contribution in [1.82, 2.24) is 20.2 Å². The summed E-state index contributed by atoms with van der Waals surface area (Å²) in [7, 11) is 4.03. The van der Waals surface area contributed by atoms with E-state index in [1.165, 1.54) is 6.20 Å². The van der Waals surface area contributed by atoms with Gasteiger partial charge < -0.3 is 20.9 Å². The number of hydrogen-bond donors (Lipinski definition) is 3. The predicted octanol–water partition coefficient (Wildman–Crippen LogP) is -0.840. The molecule has 1 heterocycles. The van der Waals surface area contributed by atoms with Gasteiger partial charge in [0.2, 0.25) is 0 Å². The van der Waals surface area contributed by atoms with Gasteiger partial charge in [-0.2, -0.15) is 0 Å². The lowest BCUT2D eigenvalue weighted by molar-refractivity contribution is 0.0996. The van der Waals surface area contributed by atoms with Gasteiger partial charge in [0.25, 0.3) is 5.91 Å². The Morgan fingerprint density at radius 3 is 2.93 bits per heavy atom. The van der Waals surface area contributed by atoms with Crippen molar-refractivity contribution in [3.05, 3.63) is 17.7 Å². The second-order valence-corrected chi connectivity index (χ2v) is 3.59. The van der Waals surface area contributed by atoms with Crippen molar-refractivity contribution in [2.45, 2.75) is 6.54 Å². The van der Waals surface area contributed by atoms with Crippen molar-refractivity contribution >= 4 is 5.91 Å². The molecule has 6 heteroatoms. The predicted molar refractivity (Wildman–Crippen MR) is 57.4 cm³/mol. The minimum Gasteiger partial charge on any atom is -0.364 e. The number of nitrogens with two attached hydrogens (primary N) is 1. The fraction of sp³-hybridized carbons (Fsp3) is 0.556. The van der Waals surface area contributed by atoms with Gasteiger partial charge >= 0.3 is 0 Å². The zero-order valence-electron chi connectivity index (χ0n) is 9.08. The van der Waals surface area contributed by atoms with Gasteiger partial charge in [0.1, 0.15) is 11.5 Å². The second kappa shape index (κ2) is 5.47. The van der Waals surface area contributed by atoms with E-state index in [4.69, 9.17) is 5.73 Å². The van der Waals surface area contributed by atoms with Crippen molar-refractivity contribution in [3.63, 3.8) is 0 Å². The molecule has 6 nitrogen and oxygen atoms in total. The molecule has 0 aromatic carbocycles. The molecule has 1 amide bonds. The normalized spacial score (nSPS) is 10.9. The lowest BCUT2D eigenvalue weighted by atomic mass is 10.5. The minimum absolute atomic E-state index is 0.347. The Balaban J connectivity index is 2.29. The molecule has 0 saturated heterocycles. The zero-order valence-corrected chi connectivity index (χ0v) is 9.08. The number of nitrogens with one attached hydrogen (secondary N) is 2. The maximum Gasteiger partial charge on any atom is 0.266 e. The Labute approximate surface area is 88.9 Å². The SMILES string of the molecule is CN(C)CCNCc1ncc(C(N)=O)[nH]1. The number of primary amides is 1.